The van der Waals surface area contributed by atoms with Crippen molar-refractivity contribution in [2.45, 2.75) is 13.5 Å². The van der Waals surface area contributed by atoms with Crippen LogP contribution in [0, 0.1) is 6.92 Å². The summed E-state index contributed by atoms with van der Waals surface area (Å²) in [7, 11) is 4.09. The average Bonchev–Trinajstić information content (AvgIpc) is 2.80. The Kier molecular flexibility index (Phi) is 5.12. The van der Waals surface area contributed by atoms with E-state index in [1.54, 1.807) is 0 Å². The highest BCUT2D eigenvalue weighted by molar-refractivity contribution is 6.31. The highest BCUT2D eigenvalue weighted by Gasteiger charge is 2.16. The molecule has 3 aromatic rings. The minimum absolute atomic E-state index is 0.658. The predicted molar refractivity (Wildman–Crippen MR) is 101 cm³/mol. The topological polar surface area (TPSA) is 17.4 Å². The third kappa shape index (κ3) is 3.58. The number of likely N-dealkylation sites (N-methyl/N-ethyl adjacent to an activating group) is 1. The Hall–Kier alpha value is -1.97. The molecule has 0 unspecified atom stereocenters. The summed E-state index contributed by atoms with van der Waals surface area (Å²) in [4.78, 5) is 2.12. The number of rotatable bonds is 6. The molecule has 126 valence electrons. The number of hydrogen-bond acceptors (Lipinski definition) is 2. The second-order valence-corrected chi connectivity index (χ2v) is 6.74. The van der Waals surface area contributed by atoms with E-state index >= 15 is 0 Å². The van der Waals surface area contributed by atoms with Crippen molar-refractivity contribution in [1.82, 2.24) is 9.47 Å². The van der Waals surface area contributed by atoms with Gasteiger partial charge in [0.25, 0.3) is 0 Å². The second kappa shape index (κ2) is 7.29. The Morgan fingerprint density at radius 3 is 2.54 bits per heavy atom. The molecule has 0 aliphatic heterocycles. The lowest BCUT2D eigenvalue weighted by Gasteiger charge is -2.12. The summed E-state index contributed by atoms with van der Waals surface area (Å²) in [5.41, 5.74) is 3.56. The highest BCUT2D eigenvalue weighted by Crippen LogP contribution is 2.35. The summed E-state index contributed by atoms with van der Waals surface area (Å²) in [6.45, 7) is 4.47. The van der Waals surface area contributed by atoms with Crippen molar-refractivity contribution in [3.8, 4) is 5.75 Å². The number of nitrogens with zero attached hydrogens (tertiary/aromatic N) is 2. The van der Waals surface area contributed by atoms with Gasteiger partial charge in [-0.1, -0.05) is 41.9 Å². The number of benzene rings is 2. The first kappa shape index (κ1) is 16.9. The maximum Gasteiger partial charge on any atom is 0.147 e. The first-order chi connectivity index (χ1) is 11.6. The number of fused-ring (bicyclic) bond motifs is 1. The molecule has 0 spiro atoms. The van der Waals surface area contributed by atoms with Gasteiger partial charge < -0.3 is 14.2 Å². The molecule has 1 heterocycles. The van der Waals surface area contributed by atoms with Crippen molar-refractivity contribution < 1.29 is 4.74 Å². The van der Waals surface area contributed by atoms with Gasteiger partial charge in [0.1, 0.15) is 12.4 Å². The van der Waals surface area contributed by atoms with Crippen LogP contribution in [0.4, 0.5) is 0 Å². The van der Waals surface area contributed by atoms with Crippen LogP contribution in [0.15, 0.2) is 48.5 Å². The average molecular weight is 343 g/mol. The fourth-order valence-corrected chi connectivity index (χ4v) is 3.08. The second-order valence-electron chi connectivity index (χ2n) is 6.30. The van der Waals surface area contributed by atoms with Crippen LogP contribution in [0.5, 0.6) is 5.75 Å². The van der Waals surface area contributed by atoms with E-state index in [9.17, 15) is 0 Å². The van der Waals surface area contributed by atoms with E-state index in [-0.39, 0.29) is 0 Å². The molecule has 0 fully saturated rings. The van der Waals surface area contributed by atoms with Gasteiger partial charge >= 0.3 is 0 Å². The zero-order valence-electron chi connectivity index (χ0n) is 14.4. The van der Waals surface area contributed by atoms with Gasteiger partial charge in [0, 0.05) is 23.5 Å². The van der Waals surface area contributed by atoms with Gasteiger partial charge in [-0.15, -0.1) is 0 Å². The molecule has 1 aromatic heterocycles. The van der Waals surface area contributed by atoms with E-state index < -0.39 is 0 Å². The van der Waals surface area contributed by atoms with Crippen molar-refractivity contribution in [3.63, 3.8) is 0 Å². The molecular weight excluding hydrogens is 320 g/mol. The molecule has 0 bridgehead atoms. The van der Waals surface area contributed by atoms with Crippen LogP contribution in [0.2, 0.25) is 5.02 Å². The van der Waals surface area contributed by atoms with Crippen molar-refractivity contribution in [1.29, 1.82) is 0 Å². The van der Waals surface area contributed by atoms with E-state index in [1.807, 2.05) is 32.3 Å². The first-order valence-corrected chi connectivity index (χ1v) is 8.54. The third-order valence-corrected chi connectivity index (χ3v) is 4.43. The number of ether oxygens (including phenoxy) is 1. The molecule has 3 rings (SSSR count). The van der Waals surface area contributed by atoms with Crippen LogP contribution in [0.3, 0.4) is 0 Å². The Morgan fingerprint density at radius 2 is 1.83 bits per heavy atom. The van der Waals surface area contributed by atoms with Crippen LogP contribution >= 0.6 is 11.6 Å². The van der Waals surface area contributed by atoms with E-state index in [0.717, 1.165) is 40.5 Å². The maximum atomic E-state index is 6.22. The fraction of sp³-hybridized carbons (Fsp3) is 0.300. The molecule has 0 saturated heterocycles. The number of halogens is 1. The van der Waals surface area contributed by atoms with Gasteiger partial charge in [0.15, 0.2) is 0 Å². The summed E-state index contributed by atoms with van der Waals surface area (Å²) >= 11 is 6.22. The molecule has 4 heteroatoms. The smallest absolute Gasteiger partial charge is 0.147 e. The maximum absolute atomic E-state index is 6.22. The standard InChI is InChI=1S/C20H23ClN2O/c1-15-20(24-12-11-22(2)3)18-13-17(21)9-10-19(18)23(15)14-16-7-5-4-6-8-16/h4-10,13H,11-12,14H2,1-3H3. The summed E-state index contributed by atoms with van der Waals surface area (Å²) in [6, 6.07) is 16.5. The molecule has 0 aliphatic carbocycles. The lowest BCUT2D eigenvalue weighted by Crippen LogP contribution is -2.19. The predicted octanol–water partition coefficient (Wildman–Crippen LogP) is 4.59. The lowest BCUT2D eigenvalue weighted by atomic mass is 10.2. The van der Waals surface area contributed by atoms with Crippen LogP contribution < -0.4 is 4.74 Å². The summed E-state index contributed by atoms with van der Waals surface area (Å²) in [6.07, 6.45) is 0. The SMILES string of the molecule is Cc1c(OCCN(C)C)c2cc(Cl)ccc2n1Cc1ccccc1. The van der Waals surface area contributed by atoms with E-state index in [1.165, 1.54) is 5.56 Å². The zero-order valence-corrected chi connectivity index (χ0v) is 15.2. The van der Waals surface area contributed by atoms with Gasteiger partial charge in [-0.25, -0.2) is 0 Å². The van der Waals surface area contributed by atoms with Crippen LogP contribution in [0.25, 0.3) is 10.9 Å². The van der Waals surface area contributed by atoms with E-state index in [2.05, 4.69) is 46.7 Å². The minimum atomic E-state index is 0.658. The van der Waals surface area contributed by atoms with Gasteiger partial charge in [-0.3, -0.25) is 0 Å². The zero-order chi connectivity index (χ0) is 17.1. The van der Waals surface area contributed by atoms with Crippen molar-refractivity contribution in [2.75, 3.05) is 27.2 Å². The van der Waals surface area contributed by atoms with Crippen molar-refractivity contribution in [2.24, 2.45) is 0 Å². The lowest BCUT2D eigenvalue weighted by molar-refractivity contribution is 0.262. The van der Waals surface area contributed by atoms with Gasteiger partial charge in [-0.05, 0) is 44.8 Å². The summed E-state index contributed by atoms with van der Waals surface area (Å²) in [5, 5.41) is 1.81. The van der Waals surface area contributed by atoms with E-state index in [0.29, 0.717) is 6.61 Å². The molecule has 0 radical (unpaired) electrons. The van der Waals surface area contributed by atoms with Gasteiger partial charge in [0.2, 0.25) is 0 Å². The van der Waals surface area contributed by atoms with Crippen LogP contribution in [-0.4, -0.2) is 36.7 Å². The molecule has 0 amide bonds. The first-order valence-electron chi connectivity index (χ1n) is 8.16. The fourth-order valence-electron chi connectivity index (χ4n) is 2.91. The highest BCUT2D eigenvalue weighted by atomic mass is 35.5. The monoisotopic (exact) mass is 342 g/mol. The molecule has 0 N–H and O–H groups in total. The minimum Gasteiger partial charge on any atom is -0.490 e. The van der Waals surface area contributed by atoms with Crippen LogP contribution in [0.1, 0.15) is 11.3 Å². The molecule has 0 aliphatic rings. The number of aromatic nitrogens is 1. The quantitative estimate of drug-likeness (QED) is 0.651. The summed E-state index contributed by atoms with van der Waals surface area (Å²) in [5.74, 6) is 0.935. The molecule has 2 aromatic carbocycles. The Bertz CT molecular complexity index is 825. The largest absolute Gasteiger partial charge is 0.490 e. The Labute approximate surface area is 148 Å². The number of hydrogen-bond donors (Lipinski definition) is 0. The van der Waals surface area contributed by atoms with Crippen molar-refractivity contribution >= 4 is 22.5 Å². The Morgan fingerprint density at radius 1 is 1.08 bits per heavy atom. The summed E-state index contributed by atoms with van der Waals surface area (Å²) < 4.78 is 8.41. The molecule has 24 heavy (non-hydrogen) atoms. The molecule has 0 atom stereocenters. The Balaban J connectivity index is 2.00. The van der Waals surface area contributed by atoms with Gasteiger partial charge in [-0.2, -0.15) is 0 Å². The molecular formula is C20H23ClN2O. The van der Waals surface area contributed by atoms with E-state index in [4.69, 9.17) is 16.3 Å². The third-order valence-electron chi connectivity index (χ3n) is 4.20. The molecule has 3 nitrogen and oxygen atoms in total. The normalized spacial score (nSPS) is 11.4. The van der Waals surface area contributed by atoms with Crippen molar-refractivity contribution in [3.05, 3.63) is 64.8 Å². The molecule has 0 saturated carbocycles. The van der Waals surface area contributed by atoms with Crippen LogP contribution in [-0.2, 0) is 6.54 Å². The van der Waals surface area contributed by atoms with Gasteiger partial charge in [0.05, 0.1) is 11.2 Å².